The third-order valence-corrected chi connectivity index (χ3v) is 4.62. The first-order chi connectivity index (χ1) is 9.40. The fraction of sp³-hybridized carbons (Fsp3) is 0.571. The highest BCUT2D eigenvalue weighted by molar-refractivity contribution is 7.89. The first-order valence-electron chi connectivity index (χ1n) is 6.76. The topological polar surface area (TPSA) is 55.4 Å². The van der Waals surface area contributed by atoms with Crippen LogP contribution in [-0.2, 0) is 10.0 Å². The van der Waals surface area contributed by atoms with E-state index in [0.717, 1.165) is 31.7 Å². The zero-order valence-corrected chi connectivity index (χ0v) is 13.0. The maximum absolute atomic E-state index is 13.5. The van der Waals surface area contributed by atoms with Crippen LogP contribution in [0.15, 0.2) is 23.1 Å². The second-order valence-corrected chi connectivity index (χ2v) is 6.53. The monoisotopic (exact) mass is 303 g/mol. The van der Waals surface area contributed by atoms with Gasteiger partial charge in [0.05, 0.1) is 12.0 Å². The van der Waals surface area contributed by atoms with Crippen molar-refractivity contribution in [1.82, 2.24) is 4.72 Å². The molecule has 0 aliphatic heterocycles. The summed E-state index contributed by atoms with van der Waals surface area (Å²) in [4.78, 5) is -0.0851. The van der Waals surface area contributed by atoms with E-state index in [1.807, 2.05) is 6.92 Å². The highest BCUT2D eigenvalue weighted by atomic mass is 32.2. The zero-order valence-electron chi connectivity index (χ0n) is 12.1. The summed E-state index contributed by atoms with van der Waals surface area (Å²) in [6, 6.07) is 3.45. The van der Waals surface area contributed by atoms with Crippen LogP contribution in [0.2, 0.25) is 0 Å². The minimum atomic E-state index is -3.69. The van der Waals surface area contributed by atoms with Gasteiger partial charge in [0.25, 0.3) is 0 Å². The van der Waals surface area contributed by atoms with Gasteiger partial charge in [-0.3, -0.25) is 0 Å². The van der Waals surface area contributed by atoms with Crippen LogP contribution in [0, 0.1) is 5.82 Å². The molecule has 1 rings (SSSR count). The fourth-order valence-electron chi connectivity index (χ4n) is 1.91. The van der Waals surface area contributed by atoms with Crippen LogP contribution in [-0.4, -0.2) is 21.6 Å². The van der Waals surface area contributed by atoms with Crippen molar-refractivity contribution < 1.29 is 17.5 Å². The van der Waals surface area contributed by atoms with Gasteiger partial charge in [-0.15, -0.1) is 0 Å². The number of ether oxygens (including phenoxy) is 1. The summed E-state index contributed by atoms with van der Waals surface area (Å²) >= 11 is 0. The predicted octanol–water partition coefficient (Wildman–Crippen LogP) is 3.08. The van der Waals surface area contributed by atoms with Gasteiger partial charge in [-0.2, -0.15) is 0 Å². The Balaban J connectivity index is 2.75. The van der Waals surface area contributed by atoms with Gasteiger partial charge in [-0.25, -0.2) is 17.5 Å². The van der Waals surface area contributed by atoms with Crippen molar-refractivity contribution in [2.45, 2.75) is 50.5 Å². The molecule has 1 N–H and O–H groups in total. The zero-order chi connectivity index (χ0) is 15.2. The number of unbranched alkanes of at least 4 members (excludes halogenated alkanes) is 2. The minimum Gasteiger partial charge on any atom is -0.494 e. The molecule has 20 heavy (non-hydrogen) atoms. The Labute approximate surface area is 120 Å². The maximum atomic E-state index is 13.5. The molecule has 0 radical (unpaired) electrons. The molecule has 1 atom stereocenters. The number of methoxy groups -OCH3 is 1. The van der Waals surface area contributed by atoms with Gasteiger partial charge >= 0.3 is 0 Å². The normalized spacial score (nSPS) is 13.2. The third kappa shape index (κ3) is 4.76. The van der Waals surface area contributed by atoms with Crippen molar-refractivity contribution in [3.63, 3.8) is 0 Å². The van der Waals surface area contributed by atoms with Gasteiger partial charge < -0.3 is 4.74 Å². The van der Waals surface area contributed by atoms with E-state index in [4.69, 9.17) is 4.74 Å². The van der Waals surface area contributed by atoms with Crippen LogP contribution in [0.3, 0.4) is 0 Å². The summed E-state index contributed by atoms with van der Waals surface area (Å²) in [7, 11) is -2.36. The van der Waals surface area contributed by atoms with Crippen LogP contribution in [0.25, 0.3) is 0 Å². The van der Waals surface area contributed by atoms with Crippen molar-refractivity contribution in [3.05, 3.63) is 24.0 Å². The number of rotatable bonds is 8. The van der Waals surface area contributed by atoms with E-state index in [1.54, 1.807) is 0 Å². The van der Waals surface area contributed by atoms with Crippen molar-refractivity contribution in [2.75, 3.05) is 7.11 Å². The lowest BCUT2D eigenvalue weighted by Crippen LogP contribution is -2.32. The second-order valence-electron chi connectivity index (χ2n) is 4.81. The molecule has 1 unspecified atom stereocenters. The summed E-state index contributed by atoms with van der Waals surface area (Å²) in [6.07, 6.45) is 3.90. The molecule has 1 aromatic rings. The molecule has 1 aromatic carbocycles. The summed E-state index contributed by atoms with van der Waals surface area (Å²) in [5, 5.41) is 0. The Morgan fingerprint density at radius 3 is 2.60 bits per heavy atom. The van der Waals surface area contributed by atoms with Crippen LogP contribution >= 0.6 is 0 Å². The number of hydrogen-bond acceptors (Lipinski definition) is 3. The smallest absolute Gasteiger partial charge is 0.240 e. The van der Waals surface area contributed by atoms with Gasteiger partial charge in [0.15, 0.2) is 11.6 Å². The van der Waals surface area contributed by atoms with E-state index in [2.05, 4.69) is 11.6 Å². The van der Waals surface area contributed by atoms with E-state index >= 15 is 0 Å². The van der Waals surface area contributed by atoms with E-state index in [9.17, 15) is 12.8 Å². The Morgan fingerprint density at radius 2 is 2.05 bits per heavy atom. The van der Waals surface area contributed by atoms with Crippen LogP contribution < -0.4 is 9.46 Å². The molecular weight excluding hydrogens is 281 g/mol. The number of halogens is 1. The Kier molecular flexibility index (Phi) is 6.42. The first-order valence-corrected chi connectivity index (χ1v) is 8.25. The number of benzene rings is 1. The molecule has 0 heterocycles. The molecule has 4 nitrogen and oxygen atoms in total. The molecule has 0 aliphatic carbocycles. The molecule has 6 heteroatoms. The number of sulfonamides is 1. The van der Waals surface area contributed by atoms with E-state index in [-0.39, 0.29) is 16.7 Å². The largest absolute Gasteiger partial charge is 0.494 e. The molecule has 0 saturated heterocycles. The summed E-state index contributed by atoms with van der Waals surface area (Å²) < 4.78 is 45.1. The Hall–Kier alpha value is -1.14. The lowest BCUT2D eigenvalue weighted by atomic mass is 10.1. The second kappa shape index (κ2) is 7.59. The molecule has 0 amide bonds. The van der Waals surface area contributed by atoms with Crippen molar-refractivity contribution >= 4 is 10.0 Å². The third-order valence-electron chi connectivity index (χ3n) is 3.03. The Morgan fingerprint density at radius 1 is 1.35 bits per heavy atom. The van der Waals surface area contributed by atoms with E-state index in [1.165, 1.54) is 19.2 Å². The molecular formula is C14H22FNO3S. The Bertz CT molecular complexity index is 531. The van der Waals surface area contributed by atoms with E-state index < -0.39 is 15.8 Å². The molecule has 0 spiro atoms. The van der Waals surface area contributed by atoms with Crippen LogP contribution in [0.5, 0.6) is 5.75 Å². The molecule has 0 aliphatic rings. The lowest BCUT2D eigenvalue weighted by Gasteiger charge is -2.14. The highest BCUT2D eigenvalue weighted by Crippen LogP contribution is 2.21. The maximum Gasteiger partial charge on any atom is 0.240 e. The highest BCUT2D eigenvalue weighted by Gasteiger charge is 2.19. The van der Waals surface area contributed by atoms with Gasteiger partial charge in [0.1, 0.15) is 0 Å². The standard InChI is InChI=1S/C14H22FNO3S/c1-4-5-6-7-11(2)16-20(17,18)12-8-9-14(19-3)13(15)10-12/h8-11,16H,4-7H2,1-3H3. The molecule has 0 bridgehead atoms. The van der Waals surface area contributed by atoms with Crippen molar-refractivity contribution in [3.8, 4) is 5.75 Å². The summed E-state index contributed by atoms with van der Waals surface area (Å²) in [5.74, 6) is -0.658. The SMILES string of the molecule is CCCCCC(C)NS(=O)(=O)c1ccc(OC)c(F)c1. The average molecular weight is 303 g/mol. The molecule has 0 saturated carbocycles. The van der Waals surface area contributed by atoms with Gasteiger partial charge in [-0.1, -0.05) is 26.2 Å². The quantitative estimate of drug-likeness (QED) is 0.751. The van der Waals surface area contributed by atoms with Crippen molar-refractivity contribution in [1.29, 1.82) is 0 Å². The number of nitrogens with one attached hydrogen (secondary N) is 1. The van der Waals surface area contributed by atoms with Crippen LogP contribution in [0.4, 0.5) is 4.39 Å². The minimum absolute atomic E-state index is 0.0277. The fourth-order valence-corrected chi connectivity index (χ4v) is 3.20. The summed E-state index contributed by atoms with van der Waals surface area (Å²) in [6.45, 7) is 3.90. The van der Waals surface area contributed by atoms with Gasteiger partial charge in [-0.05, 0) is 31.5 Å². The van der Waals surface area contributed by atoms with Gasteiger partial charge in [0, 0.05) is 6.04 Å². The molecule has 0 fully saturated rings. The molecule has 114 valence electrons. The van der Waals surface area contributed by atoms with Gasteiger partial charge in [0.2, 0.25) is 10.0 Å². The number of hydrogen-bond donors (Lipinski definition) is 1. The van der Waals surface area contributed by atoms with Crippen molar-refractivity contribution in [2.24, 2.45) is 0 Å². The average Bonchev–Trinajstić information content (AvgIpc) is 2.38. The first kappa shape index (κ1) is 16.9. The summed E-state index contributed by atoms with van der Waals surface area (Å²) in [5.41, 5.74) is 0. The van der Waals surface area contributed by atoms with Crippen LogP contribution in [0.1, 0.15) is 39.5 Å². The predicted molar refractivity (Wildman–Crippen MR) is 76.9 cm³/mol. The van der Waals surface area contributed by atoms with E-state index in [0.29, 0.717) is 0 Å². The lowest BCUT2D eigenvalue weighted by molar-refractivity contribution is 0.385. The molecule has 0 aromatic heterocycles.